The summed E-state index contributed by atoms with van der Waals surface area (Å²) in [5.74, 6) is 1.51. The molecule has 0 bridgehead atoms. The zero-order chi connectivity index (χ0) is 16.1. The fourth-order valence-corrected chi connectivity index (χ4v) is 2.50. The quantitative estimate of drug-likeness (QED) is 0.854. The minimum absolute atomic E-state index is 0.693. The number of halogens is 1. The molecule has 0 spiro atoms. The summed E-state index contributed by atoms with van der Waals surface area (Å²) in [7, 11) is 4.08. The number of benzene rings is 1. The minimum atomic E-state index is 0.693. The van der Waals surface area contributed by atoms with E-state index < -0.39 is 0 Å². The summed E-state index contributed by atoms with van der Waals surface area (Å²) in [6.07, 6.45) is 1.54. The number of hydrogen-bond donors (Lipinski definition) is 2. The van der Waals surface area contributed by atoms with Gasteiger partial charge in [0, 0.05) is 19.2 Å². The Bertz CT molecular complexity index is 619. The average Bonchev–Trinajstić information content (AvgIpc) is 2.43. The van der Waals surface area contributed by atoms with Crippen molar-refractivity contribution in [3.63, 3.8) is 0 Å². The van der Waals surface area contributed by atoms with Gasteiger partial charge in [-0.3, -0.25) is 0 Å². The first-order valence-corrected chi connectivity index (χ1v) is 7.58. The highest BCUT2D eigenvalue weighted by molar-refractivity contribution is 6.33. The normalized spacial score (nSPS) is 10.8. The second-order valence-corrected chi connectivity index (χ2v) is 5.99. The highest BCUT2D eigenvalue weighted by Gasteiger charge is 2.07. The van der Waals surface area contributed by atoms with Crippen molar-refractivity contribution < 1.29 is 0 Å². The molecule has 0 aliphatic rings. The van der Waals surface area contributed by atoms with Crippen molar-refractivity contribution in [2.75, 3.05) is 37.8 Å². The number of aromatic nitrogens is 2. The van der Waals surface area contributed by atoms with Crippen LogP contribution in [-0.2, 0) is 0 Å². The van der Waals surface area contributed by atoms with Crippen LogP contribution in [0, 0.1) is 13.8 Å². The lowest BCUT2D eigenvalue weighted by atomic mass is 10.1. The first-order valence-electron chi connectivity index (χ1n) is 7.20. The van der Waals surface area contributed by atoms with E-state index >= 15 is 0 Å². The molecule has 0 atom stereocenters. The van der Waals surface area contributed by atoms with Gasteiger partial charge >= 0.3 is 0 Å². The van der Waals surface area contributed by atoms with Gasteiger partial charge in [-0.15, -0.1) is 0 Å². The largest absolute Gasteiger partial charge is 0.369 e. The van der Waals surface area contributed by atoms with Crippen LogP contribution in [0.15, 0.2) is 24.5 Å². The van der Waals surface area contributed by atoms with Gasteiger partial charge in [0.1, 0.15) is 18.0 Å². The molecule has 1 heterocycles. The molecule has 0 saturated carbocycles. The van der Waals surface area contributed by atoms with Crippen LogP contribution in [0.25, 0.3) is 0 Å². The summed E-state index contributed by atoms with van der Waals surface area (Å²) in [5, 5.41) is 7.24. The second kappa shape index (κ2) is 7.42. The van der Waals surface area contributed by atoms with Gasteiger partial charge in [-0.05, 0) is 45.1 Å². The Labute approximate surface area is 136 Å². The zero-order valence-corrected chi connectivity index (χ0v) is 14.2. The standard InChI is InChI=1S/C16H22ClN5/c1-11-7-12(2)16(13(17)8-11)21-15-9-14(19-10-20-15)18-5-6-22(3)4/h7-10H,5-6H2,1-4H3,(H2,18,19,20,21). The monoisotopic (exact) mass is 319 g/mol. The summed E-state index contributed by atoms with van der Waals surface area (Å²) in [5.41, 5.74) is 3.11. The molecule has 118 valence electrons. The van der Waals surface area contributed by atoms with Gasteiger partial charge in [0.15, 0.2) is 0 Å². The Morgan fingerprint density at radius 3 is 2.50 bits per heavy atom. The number of aryl methyl sites for hydroxylation is 2. The van der Waals surface area contributed by atoms with E-state index in [-0.39, 0.29) is 0 Å². The third-order valence-electron chi connectivity index (χ3n) is 3.22. The fourth-order valence-electron chi connectivity index (χ4n) is 2.13. The van der Waals surface area contributed by atoms with Crippen molar-refractivity contribution in [1.82, 2.24) is 14.9 Å². The highest BCUT2D eigenvalue weighted by atomic mass is 35.5. The number of nitrogens with zero attached hydrogens (tertiary/aromatic N) is 3. The van der Waals surface area contributed by atoms with Crippen molar-refractivity contribution in [2.24, 2.45) is 0 Å². The third kappa shape index (κ3) is 4.58. The summed E-state index contributed by atoms with van der Waals surface area (Å²) >= 11 is 6.32. The molecule has 2 N–H and O–H groups in total. The lowest BCUT2D eigenvalue weighted by Crippen LogP contribution is -2.21. The Morgan fingerprint density at radius 2 is 1.82 bits per heavy atom. The number of rotatable bonds is 6. The van der Waals surface area contributed by atoms with E-state index in [1.54, 1.807) is 0 Å². The van der Waals surface area contributed by atoms with Crippen LogP contribution in [0.2, 0.25) is 5.02 Å². The molecule has 0 unspecified atom stereocenters. The van der Waals surface area contributed by atoms with E-state index in [4.69, 9.17) is 11.6 Å². The smallest absolute Gasteiger partial charge is 0.135 e. The molecule has 0 saturated heterocycles. The molecule has 0 aliphatic heterocycles. The zero-order valence-electron chi connectivity index (χ0n) is 13.4. The van der Waals surface area contributed by atoms with Crippen LogP contribution < -0.4 is 10.6 Å². The van der Waals surface area contributed by atoms with Gasteiger partial charge in [-0.25, -0.2) is 9.97 Å². The van der Waals surface area contributed by atoms with Crippen LogP contribution in [0.4, 0.5) is 17.3 Å². The molecular formula is C16H22ClN5. The highest BCUT2D eigenvalue weighted by Crippen LogP contribution is 2.29. The molecule has 0 aliphatic carbocycles. The number of anilines is 3. The molecule has 0 amide bonds. The lowest BCUT2D eigenvalue weighted by Gasteiger charge is -2.13. The minimum Gasteiger partial charge on any atom is -0.369 e. The van der Waals surface area contributed by atoms with Gasteiger partial charge in [-0.1, -0.05) is 17.7 Å². The lowest BCUT2D eigenvalue weighted by molar-refractivity contribution is 0.425. The molecule has 6 heteroatoms. The van der Waals surface area contributed by atoms with Gasteiger partial charge in [0.2, 0.25) is 0 Å². The fraction of sp³-hybridized carbons (Fsp3) is 0.375. The molecular weight excluding hydrogens is 298 g/mol. The van der Waals surface area contributed by atoms with Crippen molar-refractivity contribution in [3.8, 4) is 0 Å². The molecule has 2 rings (SSSR count). The van der Waals surface area contributed by atoms with Crippen molar-refractivity contribution >= 4 is 28.9 Å². The number of likely N-dealkylation sites (N-methyl/N-ethyl adjacent to an activating group) is 1. The molecule has 1 aromatic heterocycles. The third-order valence-corrected chi connectivity index (χ3v) is 3.52. The molecule has 0 radical (unpaired) electrons. The van der Waals surface area contributed by atoms with Crippen LogP contribution in [-0.4, -0.2) is 42.1 Å². The van der Waals surface area contributed by atoms with E-state index in [0.29, 0.717) is 5.02 Å². The Morgan fingerprint density at radius 1 is 1.09 bits per heavy atom. The van der Waals surface area contributed by atoms with Crippen LogP contribution >= 0.6 is 11.6 Å². The summed E-state index contributed by atoms with van der Waals surface area (Å²) in [6.45, 7) is 5.82. The second-order valence-electron chi connectivity index (χ2n) is 5.58. The van der Waals surface area contributed by atoms with Gasteiger partial charge in [0.25, 0.3) is 0 Å². The van der Waals surface area contributed by atoms with Crippen molar-refractivity contribution in [3.05, 3.63) is 40.7 Å². The number of hydrogen-bond acceptors (Lipinski definition) is 5. The molecule has 1 aromatic carbocycles. The maximum atomic E-state index is 6.32. The average molecular weight is 320 g/mol. The van der Waals surface area contributed by atoms with E-state index in [0.717, 1.165) is 41.5 Å². The Hall–Kier alpha value is -1.85. The van der Waals surface area contributed by atoms with E-state index in [9.17, 15) is 0 Å². The molecule has 2 aromatic rings. The van der Waals surface area contributed by atoms with Gasteiger partial charge in [0.05, 0.1) is 10.7 Å². The Balaban J connectivity index is 2.10. The van der Waals surface area contributed by atoms with Gasteiger partial charge in [-0.2, -0.15) is 0 Å². The molecule has 5 nitrogen and oxygen atoms in total. The number of nitrogens with one attached hydrogen (secondary N) is 2. The van der Waals surface area contributed by atoms with E-state index in [1.807, 2.05) is 40.1 Å². The Kier molecular flexibility index (Phi) is 5.57. The van der Waals surface area contributed by atoms with Crippen molar-refractivity contribution in [1.29, 1.82) is 0 Å². The summed E-state index contributed by atoms with van der Waals surface area (Å²) < 4.78 is 0. The summed E-state index contributed by atoms with van der Waals surface area (Å²) in [6, 6.07) is 5.91. The SMILES string of the molecule is Cc1cc(C)c(Nc2cc(NCCN(C)C)ncn2)c(Cl)c1. The van der Waals surface area contributed by atoms with Crippen LogP contribution in [0.3, 0.4) is 0 Å². The van der Waals surface area contributed by atoms with E-state index in [1.165, 1.54) is 6.33 Å². The maximum Gasteiger partial charge on any atom is 0.135 e. The predicted molar refractivity (Wildman–Crippen MR) is 93.3 cm³/mol. The van der Waals surface area contributed by atoms with Gasteiger partial charge < -0.3 is 15.5 Å². The summed E-state index contributed by atoms with van der Waals surface area (Å²) in [4.78, 5) is 10.6. The molecule has 0 fully saturated rings. The van der Waals surface area contributed by atoms with E-state index in [2.05, 4.69) is 31.6 Å². The first-order chi connectivity index (χ1) is 10.5. The van der Waals surface area contributed by atoms with Crippen LogP contribution in [0.5, 0.6) is 0 Å². The maximum absolute atomic E-state index is 6.32. The van der Waals surface area contributed by atoms with Crippen molar-refractivity contribution in [2.45, 2.75) is 13.8 Å². The van der Waals surface area contributed by atoms with Crippen LogP contribution in [0.1, 0.15) is 11.1 Å². The predicted octanol–water partition coefficient (Wildman–Crippen LogP) is 3.46. The molecule has 22 heavy (non-hydrogen) atoms. The first kappa shape index (κ1) is 16.5. The topological polar surface area (TPSA) is 53.1 Å².